The number of nitrogens with one attached hydrogen (secondary N) is 1. The summed E-state index contributed by atoms with van der Waals surface area (Å²) in [5, 5.41) is 2.96. The van der Waals surface area contributed by atoms with Crippen LogP contribution in [0.25, 0.3) is 0 Å². The molecule has 2 rings (SSSR count). The Balaban J connectivity index is 2.22. The van der Waals surface area contributed by atoms with Crippen LogP contribution in [0.2, 0.25) is 0 Å². The molecule has 0 saturated carbocycles. The van der Waals surface area contributed by atoms with Crippen molar-refractivity contribution in [3.8, 4) is 11.5 Å². The number of carbonyl (C=O) groups excluding carboxylic acids is 2. The zero-order chi connectivity index (χ0) is 23.7. The van der Waals surface area contributed by atoms with Gasteiger partial charge in [-0.1, -0.05) is 48.8 Å². The third-order valence-corrected chi connectivity index (χ3v) is 5.94. The second-order valence-electron chi connectivity index (χ2n) is 8.14. The van der Waals surface area contributed by atoms with E-state index in [1.54, 1.807) is 12.0 Å². The molecule has 32 heavy (non-hydrogen) atoms. The van der Waals surface area contributed by atoms with Gasteiger partial charge in [-0.2, -0.15) is 0 Å². The monoisotopic (exact) mass is 504 g/mol. The van der Waals surface area contributed by atoms with Crippen LogP contribution in [-0.4, -0.2) is 43.0 Å². The summed E-state index contributed by atoms with van der Waals surface area (Å²) in [4.78, 5) is 27.8. The highest BCUT2D eigenvalue weighted by Crippen LogP contribution is 2.22. The highest BCUT2D eigenvalue weighted by Gasteiger charge is 2.29. The number of rotatable bonds is 11. The maximum atomic E-state index is 13.3. The second kappa shape index (κ2) is 12.5. The lowest BCUT2D eigenvalue weighted by Gasteiger charge is -2.31. The van der Waals surface area contributed by atoms with E-state index in [0.29, 0.717) is 30.4 Å². The van der Waals surface area contributed by atoms with Crippen molar-refractivity contribution in [3.63, 3.8) is 0 Å². The van der Waals surface area contributed by atoms with Crippen LogP contribution in [0, 0.1) is 12.8 Å². The van der Waals surface area contributed by atoms with Gasteiger partial charge < -0.3 is 19.7 Å². The van der Waals surface area contributed by atoms with Crippen molar-refractivity contribution < 1.29 is 19.1 Å². The van der Waals surface area contributed by atoms with Gasteiger partial charge in [0.05, 0.1) is 7.11 Å². The molecule has 0 fully saturated rings. The number of methoxy groups -OCH3 is 1. The largest absolute Gasteiger partial charge is 0.497 e. The molecule has 7 heteroatoms. The minimum absolute atomic E-state index is 0.154. The van der Waals surface area contributed by atoms with Gasteiger partial charge in [0.25, 0.3) is 5.91 Å². The van der Waals surface area contributed by atoms with E-state index < -0.39 is 6.04 Å². The molecule has 0 aromatic heterocycles. The van der Waals surface area contributed by atoms with Crippen molar-refractivity contribution in [2.24, 2.45) is 5.92 Å². The molecule has 0 aliphatic heterocycles. The zero-order valence-corrected chi connectivity index (χ0v) is 21.1. The van der Waals surface area contributed by atoms with Crippen LogP contribution in [0.5, 0.6) is 11.5 Å². The van der Waals surface area contributed by atoms with Gasteiger partial charge in [0.1, 0.15) is 17.5 Å². The van der Waals surface area contributed by atoms with Crippen molar-refractivity contribution in [1.82, 2.24) is 10.2 Å². The van der Waals surface area contributed by atoms with Crippen LogP contribution in [0.1, 0.15) is 38.3 Å². The summed E-state index contributed by atoms with van der Waals surface area (Å²) in [5.41, 5.74) is 1.90. The Morgan fingerprint density at radius 3 is 2.50 bits per heavy atom. The van der Waals surface area contributed by atoms with Gasteiger partial charge in [-0.3, -0.25) is 9.59 Å². The highest BCUT2D eigenvalue weighted by atomic mass is 79.9. The lowest BCUT2D eigenvalue weighted by Crippen LogP contribution is -2.50. The quantitative estimate of drug-likeness (QED) is 0.480. The highest BCUT2D eigenvalue weighted by molar-refractivity contribution is 9.10. The van der Waals surface area contributed by atoms with E-state index in [1.807, 2.05) is 70.2 Å². The number of hydrogen-bond acceptors (Lipinski definition) is 4. The van der Waals surface area contributed by atoms with Crippen molar-refractivity contribution in [3.05, 3.63) is 58.1 Å². The topological polar surface area (TPSA) is 67.9 Å². The van der Waals surface area contributed by atoms with Crippen molar-refractivity contribution >= 4 is 27.7 Å². The Labute approximate surface area is 199 Å². The average molecular weight is 505 g/mol. The molecule has 2 aromatic rings. The molecule has 0 heterocycles. The Morgan fingerprint density at radius 1 is 1.12 bits per heavy atom. The first kappa shape index (κ1) is 25.7. The summed E-state index contributed by atoms with van der Waals surface area (Å²) >= 11 is 3.47. The number of carbonyl (C=O) groups is 2. The van der Waals surface area contributed by atoms with Gasteiger partial charge >= 0.3 is 0 Å². The van der Waals surface area contributed by atoms with E-state index in [0.717, 1.165) is 15.6 Å². The summed E-state index contributed by atoms with van der Waals surface area (Å²) < 4.78 is 12.1. The Kier molecular flexibility index (Phi) is 10.0. The summed E-state index contributed by atoms with van der Waals surface area (Å²) in [7, 11) is 1.60. The molecule has 0 radical (unpaired) electrons. The average Bonchev–Trinajstić information content (AvgIpc) is 2.78. The molecular formula is C25H33BrN2O4. The number of aryl methyl sites for hydroxylation is 1. The van der Waals surface area contributed by atoms with E-state index >= 15 is 0 Å². The van der Waals surface area contributed by atoms with Crippen LogP contribution in [0.3, 0.4) is 0 Å². The third-order valence-electron chi connectivity index (χ3n) is 5.05. The van der Waals surface area contributed by atoms with Gasteiger partial charge in [-0.15, -0.1) is 0 Å². The summed E-state index contributed by atoms with van der Waals surface area (Å²) in [6, 6.07) is 12.5. The molecule has 0 aliphatic rings. The maximum absolute atomic E-state index is 13.3. The smallest absolute Gasteiger partial charge is 0.261 e. The number of nitrogens with zero attached hydrogens (tertiary/aromatic N) is 1. The van der Waals surface area contributed by atoms with E-state index in [1.165, 1.54) is 0 Å². The first-order valence-electron chi connectivity index (χ1n) is 10.8. The van der Waals surface area contributed by atoms with Crippen molar-refractivity contribution in [1.29, 1.82) is 0 Å². The molecule has 0 spiro atoms. The Hall–Kier alpha value is -2.54. The minimum Gasteiger partial charge on any atom is -0.497 e. The molecule has 174 valence electrons. The minimum atomic E-state index is -0.595. The number of amides is 2. The summed E-state index contributed by atoms with van der Waals surface area (Å²) in [5.74, 6) is 1.23. The maximum Gasteiger partial charge on any atom is 0.261 e. The second-order valence-corrected chi connectivity index (χ2v) is 8.99. The fraction of sp³-hybridized carbons (Fsp3) is 0.440. The van der Waals surface area contributed by atoms with Gasteiger partial charge in [0.15, 0.2) is 6.61 Å². The predicted molar refractivity (Wildman–Crippen MR) is 130 cm³/mol. The molecule has 0 saturated heterocycles. The third kappa shape index (κ3) is 7.55. The van der Waals surface area contributed by atoms with E-state index in [9.17, 15) is 9.59 Å². The number of halogens is 1. The Bertz CT molecular complexity index is 917. The van der Waals surface area contributed by atoms with E-state index in [-0.39, 0.29) is 25.0 Å². The van der Waals surface area contributed by atoms with Gasteiger partial charge in [-0.25, -0.2) is 0 Å². The first-order chi connectivity index (χ1) is 15.2. The van der Waals surface area contributed by atoms with E-state index in [4.69, 9.17) is 9.47 Å². The first-order valence-corrected chi connectivity index (χ1v) is 11.6. The lowest BCUT2D eigenvalue weighted by atomic mass is 10.1. The number of ether oxygens (including phenoxy) is 2. The molecule has 1 N–H and O–H groups in total. The van der Waals surface area contributed by atoms with Crippen molar-refractivity contribution in [2.75, 3.05) is 20.3 Å². The summed E-state index contributed by atoms with van der Waals surface area (Å²) in [6.45, 7) is 8.63. The van der Waals surface area contributed by atoms with Gasteiger partial charge in [-0.05, 0) is 60.7 Å². The van der Waals surface area contributed by atoms with Crippen LogP contribution in [0.4, 0.5) is 0 Å². The number of benzene rings is 2. The van der Waals surface area contributed by atoms with Crippen LogP contribution < -0.4 is 14.8 Å². The standard InChI is InChI=1S/C25H33BrN2O4/c1-6-23(25(30)27-14-17(2)3)28(15-19-8-7-9-20(13-19)31-5)24(29)16-32-21-10-11-22(26)18(4)12-21/h7-13,17,23H,6,14-16H2,1-5H3,(H,27,30)/t23-/m0/s1. The molecular weight excluding hydrogens is 472 g/mol. The lowest BCUT2D eigenvalue weighted by molar-refractivity contribution is -0.143. The molecule has 2 aromatic carbocycles. The molecule has 1 atom stereocenters. The molecule has 2 amide bonds. The van der Waals surface area contributed by atoms with Crippen LogP contribution >= 0.6 is 15.9 Å². The fourth-order valence-corrected chi connectivity index (χ4v) is 3.49. The zero-order valence-electron chi connectivity index (χ0n) is 19.5. The predicted octanol–water partition coefficient (Wildman–Crippen LogP) is 4.72. The van der Waals surface area contributed by atoms with Gasteiger partial charge in [0, 0.05) is 17.6 Å². The number of hydrogen-bond donors (Lipinski definition) is 1. The van der Waals surface area contributed by atoms with E-state index in [2.05, 4.69) is 21.2 Å². The normalized spacial score (nSPS) is 11.7. The molecule has 0 bridgehead atoms. The molecule has 0 unspecified atom stereocenters. The van der Waals surface area contributed by atoms with Crippen LogP contribution in [0.15, 0.2) is 46.9 Å². The molecule has 6 nitrogen and oxygen atoms in total. The van der Waals surface area contributed by atoms with Crippen LogP contribution in [-0.2, 0) is 16.1 Å². The summed E-state index contributed by atoms with van der Waals surface area (Å²) in [6.07, 6.45) is 0.497. The Morgan fingerprint density at radius 2 is 1.88 bits per heavy atom. The molecule has 0 aliphatic carbocycles. The van der Waals surface area contributed by atoms with Crippen molar-refractivity contribution in [2.45, 2.75) is 46.7 Å². The SMILES string of the molecule is CC[C@@H](C(=O)NCC(C)C)N(Cc1cccc(OC)c1)C(=O)COc1ccc(Br)c(C)c1. The van der Waals surface area contributed by atoms with Gasteiger partial charge in [0.2, 0.25) is 5.91 Å². The fourth-order valence-electron chi connectivity index (χ4n) is 3.24.